The molecule has 0 amide bonds. The molecule has 0 aliphatic carbocycles. The van der Waals surface area contributed by atoms with Gasteiger partial charge in [0.1, 0.15) is 5.82 Å². The Labute approximate surface area is 78.4 Å². The highest BCUT2D eigenvalue weighted by atomic mass is 32.1. The van der Waals surface area contributed by atoms with E-state index in [2.05, 4.69) is 29.1 Å². The molecule has 1 aliphatic heterocycles. The molecule has 1 aromatic rings. The molecule has 66 valence electrons. The molecule has 2 heterocycles. The molecule has 0 fully saturated rings. The summed E-state index contributed by atoms with van der Waals surface area (Å²) in [7, 11) is 0. The van der Waals surface area contributed by atoms with Gasteiger partial charge in [-0.25, -0.2) is 4.98 Å². The number of aryl methyl sites for hydroxylation is 1. The fraction of sp³-hybridized carbons (Fsp3) is 0.667. The summed E-state index contributed by atoms with van der Waals surface area (Å²) in [4.78, 5) is 4.39. The molecule has 2 nitrogen and oxygen atoms in total. The van der Waals surface area contributed by atoms with Crippen LogP contribution in [0.1, 0.15) is 36.5 Å². The van der Waals surface area contributed by atoms with Crippen molar-refractivity contribution in [3.8, 4) is 0 Å². The molecule has 3 heteroatoms. The van der Waals surface area contributed by atoms with Crippen LogP contribution in [0.5, 0.6) is 0 Å². The summed E-state index contributed by atoms with van der Waals surface area (Å²) in [6, 6.07) is 0. The van der Waals surface area contributed by atoms with Gasteiger partial charge in [0, 0.05) is 30.1 Å². The predicted octanol–water partition coefficient (Wildman–Crippen LogP) is 2.21. The smallest absolute Gasteiger partial charge is 0.108 e. The summed E-state index contributed by atoms with van der Waals surface area (Å²) >= 11 is 4.43. The standard InChI is InChI=1S/C9H14N2S/c1-7(12)8-6-10-9-4-2-3-5-11(8)9/h6-7,12H,2-5H2,1H3/t7-/m1/s1. The van der Waals surface area contributed by atoms with Gasteiger partial charge in [-0.2, -0.15) is 12.6 Å². The molecule has 0 spiro atoms. The minimum atomic E-state index is 0.310. The second kappa shape index (κ2) is 3.13. The van der Waals surface area contributed by atoms with E-state index in [1.165, 1.54) is 24.4 Å². The SMILES string of the molecule is C[C@@H](S)c1cnc2n1CCCC2. The number of rotatable bonds is 1. The van der Waals surface area contributed by atoms with Crippen LogP contribution in [0.3, 0.4) is 0 Å². The highest BCUT2D eigenvalue weighted by Crippen LogP contribution is 2.23. The van der Waals surface area contributed by atoms with E-state index in [0.717, 1.165) is 13.0 Å². The molecule has 0 radical (unpaired) electrons. The van der Waals surface area contributed by atoms with Crippen molar-refractivity contribution in [3.05, 3.63) is 17.7 Å². The Hall–Kier alpha value is -0.440. The first-order valence-electron chi connectivity index (χ1n) is 4.51. The lowest BCUT2D eigenvalue weighted by molar-refractivity contribution is 0.509. The van der Waals surface area contributed by atoms with E-state index in [1.54, 1.807) is 0 Å². The lowest BCUT2D eigenvalue weighted by Crippen LogP contribution is -2.13. The zero-order chi connectivity index (χ0) is 8.55. The summed E-state index contributed by atoms with van der Waals surface area (Å²) in [6.07, 6.45) is 5.69. The number of aromatic nitrogens is 2. The third-order valence-electron chi connectivity index (χ3n) is 2.43. The molecule has 2 rings (SSSR count). The van der Waals surface area contributed by atoms with Crippen molar-refractivity contribution < 1.29 is 0 Å². The molecule has 0 aromatic carbocycles. The van der Waals surface area contributed by atoms with Crippen molar-refractivity contribution in [3.63, 3.8) is 0 Å². The monoisotopic (exact) mass is 182 g/mol. The van der Waals surface area contributed by atoms with Crippen molar-refractivity contribution >= 4 is 12.6 Å². The molecule has 0 unspecified atom stereocenters. The van der Waals surface area contributed by atoms with E-state index in [0.29, 0.717) is 5.25 Å². The average molecular weight is 182 g/mol. The molecule has 1 atom stereocenters. The largest absolute Gasteiger partial charge is 0.331 e. The molecular formula is C9H14N2S. The second-order valence-electron chi connectivity index (χ2n) is 3.38. The lowest BCUT2D eigenvalue weighted by Gasteiger charge is -2.17. The first-order chi connectivity index (χ1) is 5.79. The Morgan fingerprint density at radius 1 is 1.58 bits per heavy atom. The zero-order valence-corrected chi connectivity index (χ0v) is 8.22. The summed E-state index contributed by atoms with van der Waals surface area (Å²) in [5.41, 5.74) is 1.27. The third kappa shape index (κ3) is 1.26. The summed E-state index contributed by atoms with van der Waals surface area (Å²) in [6.45, 7) is 3.23. The van der Waals surface area contributed by atoms with E-state index in [9.17, 15) is 0 Å². The van der Waals surface area contributed by atoms with E-state index in [-0.39, 0.29) is 0 Å². The maximum atomic E-state index is 4.43. The van der Waals surface area contributed by atoms with Gasteiger partial charge < -0.3 is 4.57 Å². The van der Waals surface area contributed by atoms with Gasteiger partial charge in [0.25, 0.3) is 0 Å². The molecule has 0 N–H and O–H groups in total. The van der Waals surface area contributed by atoms with Crippen LogP contribution < -0.4 is 0 Å². The van der Waals surface area contributed by atoms with Crippen LogP contribution in [0.25, 0.3) is 0 Å². The summed E-state index contributed by atoms with van der Waals surface area (Å²) in [5, 5.41) is 0.310. The number of hydrogen-bond donors (Lipinski definition) is 1. The van der Waals surface area contributed by atoms with Gasteiger partial charge in [-0.15, -0.1) is 0 Å². The second-order valence-corrected chi connectivity index (χ2v) is 4.16. The highest BCUT2D eigenvalue weighted by molar-refractivity contribution is 7.80. The Morgan fingerprint density at radius 3 is 3.17 bits per heavy atom. The van der Waals surface area contributed by atoms with Crippen LogP contribution in [0.4, 0.5) is 0 Å². The van der Waals surface area contributed by atoms with Crippen LogP contribution in [0, 0.1) is 0 Å². The Bertz CT molecular complexity index is 278. The third-order valence-corrected chi connectivity index (χ3v) is 2.69. The average Bonchev–Trinajstić information content (AvgIpc) is 2.47. The van der Waals surface area contributed by atoms with Gasteiger partial charge in [-0.05, 0) is 19.8 Å². The summed E-state index contributed by atoms with van der Waals surface area (Å²) < 4.78 is 2.32. The quantitative estimate of drug-likeness (QED) is 0.659. The molecular weight excluding hydrogens is 168 g/mol. The van der Waals surface area contributed by atoms with Crippen molar-refractivity contribution in [1.82, 2.24) is 9.55 Å². The van der Waals surface area contributed by atoms with Crippen molar-refractivity contribution in [2.24, 2.45) is 0 Å². The molecule has 1 aromatic heterocycles. The van der Waals surface area contributed by atoms with Crippen molar-refractivity contribution in [2.75, 3.05) is 0 Å². The molecule has 1 aliphatic rings. The molecule has 0 saturated heterocycles. The predicted molar refractivity (Wildman–Crippen MR) is 52.6 cm³/mol. The topological polar surface area (TPSA) is 17.8 Å². The Morgan fingerprint density at radius 2 is 2.42 bits per heavy atom. The van der Waals surface area contributed by atoms with Gasteiger partial charge in [-0.3, -0.25) is 0 Å². The maximum Gasteiger partial charge on any atom is 0.108 e. The normalized spacial score (nSPS) is 18.8. The molecule has 0 saturated carbocycles. The van der Waals surface area contributed by atoms with Crippen LogP contribution in [0.2, 0.25) is 0 Å². The van der Waals surface area contributed by atoms with Crippen LogP contribution in [-0.4, -0.2) is 9.55 Å². The number of fused-ring (bicyclic) bond motifs is 1. The van der Waals surface area contributed by atoms with Crippen molar-refractivity contribution in [1.29, 1.82) is 0 Å². The van der Waals surface area contributed by atoms with Crippen LogP contribution in [0.15, 0.2) is 6.20 Å². The van der Waals surface area contributed by atoms with Gasteiger partial charge in [0.2, 0.25) is 0 Å². The molecule has 12 heavy (non-hydrogen) atoms. The van der Waals surface area contributed by atoms with Gasteiger partial charge >= 0.3 is 0 Å². The van der Waals surface area contributed by atoms with E-state index >= 15 is 0 Å². The van der Waals surface area contributed by atoms with Crippen molar-refractivity contribution in [2.45, 2.75) is 38.0 Å². The van der Waals surface area contributed by atoms with E-state index < -0.39 is 0 Å². The number of thiol groups is 1. The van der Waals surface area contributed by atoms with Crippen LogP contribution >= 0.6 is 12.6 Å². The summed E-state index contributed by atoms with van der Waals surface area (Å²) in [5.74, 6) is 1.25. The van der Waals surface area contributed by atoms with Gasteiger partial charge in [-0.1, -0.05) is 0 Å². The Kier molecular flexibility index (Phi) is 2.13. The lowest BCUT2D eigenvalue weighted by atomic mass is 10.1. The fourth-order valence-electron chi connectivity index (χ4n) is 1.77. The fourth-order valence-corrected chi connectivity index (χ4v) is 1.98. The number of nitrogens with zero attached hydrogens (tertiary/aromatic N) is 2. The van der Waals surface area contributed by atoms with Gasteiger partial charge in [0.05, 0.1) is 0 Å². The van der Waals surface area contributed by atoms with E-state index in [4.69, 9.17) is 0 Å². The van der Waals surface area contributed by atoms with Gasteiger partial charge in [0.15, 0.2) is 0 Å². The van der Waals surface area contributed by atoms with E-state index in [1.807, 2.05) is 6.20 Å². The first-order valence-corrected chi connectivity index (χ1v) is 5.03. The maximum absolute atomic E-state index is 4.43. The minimum absolute atomic E-state index is 0.310. The first kappa shape index (κ1) is 8.17. The number of imidazole rings is 1. The zero-order valence-electron chi connectivity index (χ0n) is 7.32. The Balaban J connectivity index is 2.38. The van der Waals surface area contributed by atoms with Crippen LogP contribution in [-0.2, 0) is 13.0 Å². The molecule has 0 bridgehead atoms. The number of hydrogen-bond acceptors (Lipinski definition) is 2. The highest BCUT2D eigenvalue weighted by Gasteiger charge is 2.15. The minimum Gasteiger partial charge on any atom is -0.331 e.